The fraction of sp³-hybridized carbons (Fsp3) is 0.538. The fourth-order valence-electron chi connectivity index (χ4n) is 2.22. The number of ether oxygens (including phenoxy) is 1. The SMILES string of the molecule is CC(O)CC1COCCN1c1ccc(Cl)c(C#N)n1. The van der Waals surface area contributed by atoms with Crippen LogP contribution in [0.1, 0.15) is 19.0 Å². The summed E-state index contributed by atoms with van der Waals surface area (Å²) in [6, 6.07) is 5.52. The lowest BCUT2D eigenvalue weighted by Gasteiger charge is -2.37. The van der Waals surface area contributed by atoms with E-state index < -0.39 is 6.10 Å². The standard InChI is InChI=1S/C13H16ClN3O2/c1-9(18)6-10-8-19-5-4-17(10)13-3-2-11(14)12(7-15)16-13/h2-3,9-10,18H,4-6,8H2,1H3. The van der Waals surface area contributed by atoms with Crippen LogP contribution in [0.15, 0.2) is 12.1 Å². The number of hydrogen-bond acceptors (Lipinski definition) is 5. The molecule has 0 saturated carbocycles. The summed E-state index contributed by atoms with van der Waals surface area (Å²) in [5.74, 6) is 0.704. The number of hydrogen-bond donors (Lipinski definition) is 1. The highest BCUT2D eigenvalue weighted by molar-refractivity contribution is 6.31. The van der Waals surface area contributed by atoms with E-state index in [0.717, 1.165) is 0 Å². The van der Waals surface area contributed by atoms with Gasteiger partial charge in [-0.3, -0.25) is 0 Å². The molecule has 2 unspecified atom stereocenters. The Labute approximate surface area is 117 Å². The lowest BCUT2D eigenvalue weighted by molar-refractivity contribution is 0.0718. The van der Waals surface area contributed by atoms with E-state index in [1.165, 1.54) is 0 Å². The van der Waals surface area contributed by atoms with Crippen LogP contribution in [0.25, 0.3) is 0 Å². The molecule has 1 aliphatic heterocycles. The molecule has 0 amide bonds. The minimum absolute atomic E-state index is 0.0639. The Morgan fingerprint density at radius 3 is 3.16 bits per heavy atom. The van der Waals surface area contributed by atoms with Crippen molar-refractivity contribution in [2.75, 3.05) is 24.7 Å². The molecule has 2 heterocycles. The second-order valence-corrected chi connectivity index (χ2v) is 5.03. The van der Waals surface area contributed by atoms with Crippen molar-refractivity contribution in [3.63, 3.8) is 0 Å². The zero-order valence-corrected chi connectivity index (χ0v) is 11.5. The van der Waals surface area contributed by atoms with Gasteiger partial charge < -0.3 is 14.7 Å². The third kappa shape index (κ3) is 3.35. The summed E-state index contributed by atoms with van der Waals surface area (Å²) in [6.45, 7) is 3.61. The van der Waals surface area contributed by atoms with Gasteiger partial charge in [-0.25, -0.2) is 4.98 Å². The van der Waals surface area contributed by atoms with Crippen molar-refractivity contribution in [1.29, 1.82) is 5.26 Å². The molecule has 0 aromatic carbocycles. The number of aliphatic hydroxyl groups is 1. The van der Waals surface area contributed by atoms with Gasteiger partial charge in [0.05, 0.1) is 30.4 Å². The van der Waals surface area contributed by atoms with Gasteiger partial charge in [0.2, 0.25) is 0 Å². The van der Waals surface area contributed by atoms with Gasteiger partial charge in [0.15, 0.2) is 5.69 Å². The fourth-order valence-corrected chi connectivity index (χ4v) is 2.36. The Morgan fingerprint density at radius 2 is 2.47 bits per heavy atom. The van der Waals surface area contributed by atoms with Crippen LogP contribution in [0.3, 0.4) is 0 Å². The zero-order chi connectivity index (χ0) is 13.8. The van der Waals surface area contributed by atoms with E-state index in [2.05, 4.69) is 9.88 Å². The van der Waals surface area contributed by atoms with Gasteiger partial charge in [-0.1, -0.05) is 11.6 Å². The molecule has 6 heteroatoms. The largest absolute Gasteiger partial charge is 0.393 e. The predicted octanol–water partition coefficient (Wildman–Crippen LogP) is 1.58. The van der Waals surface area contributed by atoms with Gasteiger partial charge in [-0.15, -0.1) is 0 Å². The molecule has 1 aromatic rings. The first-order valence-electron chi connectivity index (χ1n) is 6.21. The summed E-state index contributed by atoms with van der Waals surface area (Å²) in [7, 11) is 0. The highest BCUT2D eigenvalue weighted by Gasteiger charge is 2.25. The minimum Gasteiger partial charge on any atom is -0.393 e. The average Bonchev–Trinajstić information content (AvgIpc) is 2.39. The van der Waals surface area contributed by atoms with Gasteiger partial charge in [0.1, 0.15) is 11.9 Å². The molecule has 1 aliphatic rings. The molecule has 1 aromatic heterocycles. The molecule has 1 fully saturated rings. The van der Waals surface area contributed by atoms with Crippen LogP contribution in [-0.4, -0.2) is 42.0 Å². The summed E-state index contributed by atoms with van der Waals surface area (Å²) in [6.07, 6.45) is 0.198. The molecular weight excluding hydrogens is 266 g/mol. The predicted molar refractivity (Wildman–Crippen MR) is 72.2 cm³/mol. The second kappa shape index (κ2) is 6.20. The number of morpholine rings is 1. The number of aromatic nitrogens is 1. The molecule has 0 bridgehead atoms. The normalized spacial score (nSPS) is 20.9. The van der Waals surface area contributed by atoms with E-state index in [4.69, 9.17) is 21.6 Å². The van der Waals surface area contributed by atoms with Crippen LogP contribution in [0, 0.1) is 11.3 Å². The van der Waals surface area contributed by atoms with Gasteiger partial charge >= 0.3 is 0 Å². The molecule has 1 saturated heterocycles. The van der Waals surface area contributed by atoms with E-state index in [1.54, 1.807) is 19.1 Å². The Morgan fingerprint density at radius 1 is 1.68 bits per heavy atom. The van der Waals surface area contributed by atoms with Crippen molar-refractivity contribution < 1.29 is 9.84 Å². The third-order valence-corrected chi connectivity index (χ3v) is 3.38. The molecule has 2 rings (SSSR count). The van der Waals surface area contributed by atoms with Crippen LogP contribution in [-0.2, 0) is 4.74 Å². The van der Waals surface area contributed by atoms with E-state index in [0.29, 0.717) is 37.0 Å². The lowest BCUT2D eigenvalue weighted by atomic mass is 10.1. The average molecular weight is 282 g/mol. The zero-order valence-electron chi connectivity index (χ0n) is 10.7. The van der Waals surface area contributed by atoms with E-state index in [-0.39, 0.29) is 11.7 Å². The Bertz CT molecular complexity index is 487. The molecule has 19 heavy (non-hydrogen) atoms. The summed E-state index contributed by atoms with van der Waals surface area (Å²) in [4.78, 5) is 6.33. The maximum absolute atomic E-state index is 9.54. The molecular formula is C13H16ClN3O2. The molecule has 0 spiro atoms. The number of nitrogens with zero attached hydrogens (tertiary/aromatic N) is 3. The number of nitriles is 1. The van der Waals surface area contributed by atoms with Crippen molar-refractivity contribution >= 4 is 17.4 Å². The van der Waals surface area contributed by atoms with Crippen LogP contribution in [0.4, 0.5) is 5.82 Å². The first-order valence-corrected chi connectivity index (χ1v) is 6.58. The van der Waals surface area contributed by atoms with E-state index >= 15 is 0 Å². The molecule has 0 radical (unpaired) electrons. The van der Waals surface area contributed by atoms with Crippen molar-refractivity contribution in [2.24, 2.45) is 0 Å². The Hall–Kier alpha value is -1.35. The highest BCUT2D eigenvalue weighted by Crippen LogP contribution is 2.23. The van der Waals surface area contributed by atoms with Crippen LogP contribution < -0.4 is 4.90 Å². The van der Waals surface area contributed by atoms with Crippen LogP contribution in [0.2, 0.25) is 5.02 Å². The number of pyridine rings is 1. The summed E-state index contributed by atoms with van der Waals surface area (Å²) in [5.41, 5.74) is 0.224. The lowest BCUT2D eigenvalue weighted by Crippen LogP contribution is -2.47. The van der Waals surface area contributed by atoms with Crippen molar-refractivity contribution in [1.82, 2.24) is 4.98 Å². The Kier molecular flexibility index (Phi) is 4.59. The van der Waals surface area contributed by atoms with Crippen LogP contribution >= 0.6 is 11.6 Å². The molecule has 1 N–H and O–H groups in total. The summed E-state index contributed by atoms with van der Waals surface area (Å²) < 4.78 is 5.44. The number of rotatable bonds is 3. The number of anilines is 1. The smallest absolute Gasteiger partial charge is 0.161 e. The van der Waals surface area contributed by atoms with Crippen molar-refractivity contribution in [2.45, 2.75) is 25.5 Å². The Balaban J connectivity index is 2.24. The molecule has 0 aliphatic carbocycles. The number of aliphatic hydroxyl groups excluding tert-OH is 1. The first-order chi connectivity index (χ1) is 9.11. The van der Waals surface area contributed by atoms with Gasteiger partial charge in [0, 0.05) is 6.54 Å². The summed E-state index contributed by atoms with van der Waals surface area (Å²) >= 11 is 5.89. The molecule has 2 atom stereocenters. The van der Waals surface area contributed by atoms with Gasteiger partial charge in [0.25, 0.3) is 0 Å². The van der Waals surface area contributed by atoms with Gasteiger partial charge in [-0.2, -0.15) is 5.26 Å². The van der Waals surface area contributed by atoms with Gasteiger partial charge in [-0.05, 0) is 25.5 Å². The molecule has 102 valence electrons. The summed E-state index contributed by atoms with van der Waals surface area (Å²) in [5, 5.41) is 18.9. The number of halogens is 1. The maximum atomic E-state index is 9.54. The van der Waals surface area contributed by atoms with Crippen LogP contribution in [0.5, 0.6) is 0 Å². The van der Waals surface area contributed by atoms with E-state index in [1.807, 2.05) is 6.07 Å². The maximum Gasteiger partial charge on any atom is 0.161 e. The van der Waals surface area contributed by atoms with Crippen molar-refractivity contribution in [3.05, 3.63) is 22.8 Å². The third-order valence-electron chi connectivity index (χ3n) is 3.07. The highest BCUT2D eigenvalue weighted by atomic mass is 35.5. The minimum atomic E-state index is -0.406. The monoisotopic (exact) mass is 281 g/mol. The second-order valence-electron chi connectivity index (χ2n) is 4.62. The van der Waals surface area contributed by atoms with E-state index in [9.17, 15) is 5.11 Å². The first kappa shape index (κ1) is 14.1. The molecule has 5 nitrogen and oxygen atoms in total. The quantitative estimate of drug-likeness (QED) is 0.911. The topological polar surface area (TPSA) is 69.4 Å². The van der Waals surface area contributed by atoms with Crippen molar-refractivity contribution in [3.8, 4) is 6.07 Å².